The Balaban J connectivity index is 2.45. The molecule has 1 aromatic rings. The van der Waals surface area contributed by atoms with Crippen LogP contribution in [-0.4, -0.2) is 30.2 Å². The van der Waals surface area contributed by atoms with E-state index in [0.29, 0.717) is 30.5 Å². The van der Waals surface area contributed by atoms with Gasteiger partial charge in [0.05, 0.1) is 17.5 Å². The van der Waals surface area contributed by atoms with Crippen LogP contribution in [0.2, 0.25) is 0 Å². The third kappa shape index (κ3) is 4.87. The molecule has 98 valence electrons. The summed E-state index contributed by atoms with van der Waals surface area (Å²) >= 11 is 3.11. The third-order valence-corrected chi connectivity index (χ3v) is 2.90. The SMILES string of the molecule is CCOC(=O)c1ccc(NCCC(=O)CBr)cc1. The number of esters is 1. The van der Waals surface area contributed by atoms with E-state index in [9.17, 15) is 9.59 Å². The summed E-state index contributed by atoms with van der Waals surface area (Å²) in [6, 6.07) is 7.00. The molecule has 0 unspecified atom stereocenters. The lowest BCUT2D eigenvalue weighted by Gasteiger charge is -2.06. The number of rotatable bonds is 7. The highest BCUT2D eigenvalue weighted by molar-refractivity contribution is 9.09. The lowest BCUT2D eigenvalue weighted by Crippen LogP contribution is -2.09. The van der Waals surface area contributed by atoms with Gasteiger partial charge in [0.25, 0.3) is 0 Å². The van der Waals surface area contributed by atoms with Crippen LogP contribution in [0.5, 0.6) is 0 Å². The van der Waals surface area contributed by atoms with Crippen LogP contribution >= 0.6 is 15.9 Å². The van der Waals surface area contributed by atoms with Crippen LogP contribution in [0.4, 0.5) is 5.69 Å². The van der Waals surface area contributed by atoms with E-state index < -0.39 is 0 Å². The number of alkyl halides is 1. The standard InChI is InChI=1S/C13H16BrNO3/c1-2-18-13(17)10-3-5-11(6-4-10)15-8-7-12(16)9-14/h3-6,15H,2,7-9H2,1H3. The molecule has 0 saturated heterocycles. The third-order valence-electron chi connectivity index (χ3n) is 2.28. The van der Waals surface area contributed by atoms with E-state index in [2.05, 4.69) is 21.2 Å². The van der Waals surface area contributed by atoms with E-state index >= 15 is 0 Å². The number of nitrogens with one attached hydrogen (secondary N) is 1. The van der Waals surface area contributed by atoms with Gasteiger partial charge in [-0.15, -0.1) is 0 Å². The molecule has 0 heterocycles. The van der Waals surface area contributed by atoms with Gasteiger partial charge in [-0.3, -0.25) is 4.79 Å². The summed E-state index contributed by atoms with van der Waals surface area (Å²) in [7, 11) is 0. The van der Waals surface area contributed by atoms with Gasteiger partial charge in [0.1, 0.15) is 5.78 Å². The zero-order valence-corrected chi connectivity index (χ0v) is 11.8. The fourth-order valence-electron chi connectivity index (χ4n) is 1.35. The molecule has 0 bridgehead atoms. The van der Waals surface area contributed by atoms with Gasteiger partial charge in [0, 0.05) is 18.7 Å². The van der Waals surface area contributed by atoms with Gasteiger partial charge in [-0.2, -0.15) is 0 Å². The number of hydrogen-bond acceptors (Lipinski definition) is 4. The number of ketones is 1. The van der Waals surface area contributed by atoms with Crippen molar-refractivity contribution in [3.63, 3.8) is 0 Å². The van der Waals surface area contributed by atoms with Gasteiger partial charge in [0.2, 0.25) is 0 Å². The van der Waals surface area contributed by atoms with Crippen molar-refractivity contribution >= 4 is 33.4 Å². The molecule has 0 amide bonds. The molecule has 1 N–H and O–H groups in total. The maximum atomic E-state index is 11.4. The molecule has 1 rings (SSSR count). The van der Waals surface area contributed by atoms with Crippen molar-refractivity contribution in [1.29, 1.82) is 0 Å². The number of hydrogen-bond donors (Lipinski definition) is 1. The second-order valence-corrected chi connectivity index (χ2v) is 4.21. The van der Waals surface area contributed by atoms with E-state index in [-0.39, 0.29) is 11.8 Å². The Labute approximate surface area is 115 Å². The predicted octanol–water partition coefficient (Wildman–Crippen LogP) is 2.63. The molecule has 0 saturated carbocycles. The summed E-state index contributed by atoms with van der Waals surface area (Å²) in [5, 5.41) is 3.50. The van der Waals surface area contributed by atoms with Gasteiger partial charge < -0.3 is 10.1 Å². The summed E-state index contributed by atoms with van der Waals surface area (Å²) < 4.78 is 4.89. The number of anilines is 1. The van der Waals surface area contributed by atoms with Gasteiger partial charge in [-0.1, -0.05) is 15.9 Å². The monoisotopic (exact) mass is 313 g/mol. The second kappa shape index (κ2) is 7.87. The van der Waals surface area contributed by atoms with Crippen molar-refractivity contribution in [3.8, 4) is 0 Å². The van der Waals surface area contributed by atoms with Gasteiger partial charge in [0.15, 0.2) is 0 Å². The van der Waals surface area contributed by atoms with Crippen molar-refractivity contribution in [1.82, 2.24) is 0 Å². The lowest BCUT2D eigenvalue weighted by molar-refractivity contribution is -0.116. The van der Waals surface area contributed by atoms with E-state index in [1.807, 2.05) is 0 Å². The second-order valence-electron chi connectivity index (χ2n) is 3.65. The zero-order chi connectivity index (χ0) is 13.4. The van der Waals surface area contributed by atoms with Crippen LogP contribution < -0.4 is 5.32 Å². The molecule has 1 aromatic carbocycles. The summed E-state index contributed by atoms with van der Waals surface area (Å²) in [5.41, 5.74) is 1.41. The molecular weight excluding hydrogens is 298 g/mol. The van der Waals surface area contributed by atoms with Crippen LogP contribution in [0.1, 0.15) is 23.7 Å². The minimum absolute atomic E-state index is 0.158. The first-order valence-electron chi connectivity index (χ1n) is 5.76. The van der Waals surface area contributed by atoms with Gasteiger partial charge in [-0.05, 0) is 31.2 Å². The maximum Gasteiger partial charge on any atom is 0.338 e. The van der Waals surface area contributed by atoms with Crippen molar-refractivity contribution in [2.45, 2.75) is 13.3 Å². The molecule has 0 aliphatic carbocycles. The average Bonchev–Trinajstić information content (AvgIpc) is 2.39. The highest BCUT2D eigenvalue weighted by Crippen LogP contribution is 2.10. The Bertz CT molecular complexity index is 403. The molecule has 0 aliphatic rings. The largest absolute Gasteiger partial charge is 0.462 e. The fourth-order valence-corrected chi connectivity index (χ4v) is 1.63. The summed E-state index contributed by atoms with van der Waals surface area (Å²) in [6.45, 7) is 2.73. The number of halogens is 1. The molecule has 0 atom stereocenters. The first-order valence-corrected chi connectivity index (χ1v) is 6.88. The number of Topliss-reactive ketones (excluding diaryl/α,β-unsaturated/α-hetero) is 1. The first kappa shape index (κ1) is 14.7. The van der Waals surface area contributed by atoms with Crippen molar-refractivity contribution in [3.05, 3.63) is 29.8 Å². The summed E-state index contributed by atoms with van der Waals surface area (Å²) in [6.07, 6.45) is 0.477. The van der Waals surface area contributed by atoms with Crippen molar-refractivity contribution < 1.29 is 14.3 Å². The van der Waals surface area contributed by atoms with Crippen LogP contribution in [0, 0.1) is 0 Å². The topological polar surface area (TPSA) is 55.4 Å². The van der Waals surface area contributed by atoms with E-state index in [4.69, 9.17) is 4.74 Å². The van der Waals surface area contributed by atoms with Gasteiger partial charge >= 0.3 is 5.97 Å². The van der Waals surface area contributed by atoms with Crippen LogP contribution in [-0.2, 0) is 9.53 Å². The molecule has 0 radical (unpaired) electrons. The normalized spacial score (nSPS) is 9.89. The molecular formula is C13H16BrNO3. The lowest BCUT2D eigenvalue weighted by atomic mass is 10.2. The Morgan fingerprint density at radius 3 is 2.50 bits per heavy atom. The van der Waals surface area contributed by atoms with E-state index in [0.717, 1.165) is 5.69 Å². The maximum absolute atomic E-state index is 11.4. The molecule has 0 fully saturated rings. The minimum atomic E-state index is -0.321. The molecule has 18 heavy (non-hydrogen) atoms. The number of carbonyl (C=O) groups excluding carboxylic acids is 2. The smallest absolute Gasteiger partial charge is 0.338 e. The van der Waals surface area contributed by atoms with Crippen molar-refractivity contribution in [2.75, 3.05) is 23.8 Å². The summed E-state index contributed by atoms with van der Waals surface area (Å²) in [5.74, 6) is -0.163. The molecule has 0 aliphatic heterocycles. The molecule has 5 heteroatoms. The Kier molecular flexibility index (Phi) is 6.43. The minimum Gasteiger partial charge on any atom is -0.462 e. The van der Waals surface area contributed by atoms with E-state index in [1.165, 1.54) is 0 Å². The molecule has 0 aromatic heterocycles. The van der Waals surface area contributed by atoms with Crippen LogP contribution in [0.3, 0.4) is 0 Å². The first-order chi connectivity index (χ1) is 8.67. The van der Waals surface area contributed by atoms with Crippen LogP contribution in [0.25, 0.3) is 0 Å². The molecule has 0 spiro atoms. The molecule has 4 nitrogen and oxygen atoms in total. The predicted molar refractivity (Wildman–Crippen MR) is 74.3 cm³/mol. The quantitative estimate of drug-likeness (QED) is 0.621. The zero-order valence-electron chi connectivity index (χ0n) is 10.2. The Hall–Kier alpha value is -1.36. The number of ether oxygens (including phenoxy) is 1. The number of carbonyl (C=O) groups is 2. The van der Waals surface area contributed by atoms with Crippen LogP contribution in [0.15, 0.2) is 24.3 Å². The highest BCUT2D eigenvalue weighted by atomic mass is 79.9. The van der Waals surface area contributed by atoms with E-state index in [1.54, 1.807) is 31.2 Å². The Morgan fingerprint density at radius 2 is 1.94 bits per heavy atom. The Morgan fingerprint density at radius 1 is 1.28 bits per heavy atom. The van der Waals surface area contributed by atoms with Crippen molar-refractivity contribution in [2.24, 2.45) is 0 Å². The summed E-state index contributed by atoms with van der Waals surface area (Å²) in [4.78, 5) is 22.5. The number of benzene rings is 1. The highest BCUT2D eigenvalue weighted by Gasteiger charge is 2.05. The van der Waals surface area contributed by atoms with Gasteiger partial charge in [-0.25, -0.2) is 4.79 Å². The average molecular weight is 314 g/mol. The fraction of sp³-hybridized carbons (Fsp3) is 0.385.